The lowest BCUT2D eigenvalue weighted by molar-refractivity contribution is 0.0841. The maximum atomic E-state index is 12.0. The summed E-state index contributed by atoms with van der Waals surface area (Å²) in [5, 5.41) is 7.69. The van der Waals surface area contributed by atoms with E-state index in [1.807, 2.05) is 24.3 Å². The van der Waals surface area contributed by atoms with Gasteiger partial charge in [-0.1, -0.05) is 33.3 Å². The van der Waals surface area contributed by atoms with Crippen LogP contribution in [0.5, 0.6) is 0 Å². The molecule has 0 spiro atoms. The molecule has 2 heterocycles. The van der Waals surface area contributed by atoms with E-state index in [4.69, 9.17) is 0 Å². The Labute approximate surface area is 145 Å². The van der Waals surface area contributed by atoms with Crippen molar-refractivity contribution in [3.63, 3.8) is 0 Å². The predicted octanol–water partition coefficient (Wildman–Crippen LogP) is 1.50. The quantitative estimate of drug-likeness (QED) is 0.664. The van der Waals surface area contributed by atoms with E-state index in [0.29, 0.717) is 0 Å². The van der Waals surface area contributed by atoms with Crippen LogP contribution in [0.15, 0.2) is 59.3 Å². The first-order valence-electron chi connectivity index (χ1n) is 6.83. The smallest absolute Gasteiger partial charge is 0.266 e. The molecule has 24 heavy (non-hydrogen) atoms. The number of benzene rings is 1. The Kier molecular flexibility index (Phi) is 4.62. The highest BCUT2D eigenvalue weighted by molar-refractivity contribution is 9.10. The first-order valence-corrected chi connectivity index (χ1v) is 7.63. The number of rotatable bonds is 3. The van der Waals surface area contributed by atoms with Crippen molar-refractivity contribution in [3.05, 3.63) is 70.7 Å². The topological polar surface area (TPSA) is 102 Å². The number of hydrogen-bond acceptors (Lipinski definition) is 5. The zero-order valence-corrected chi connectivity index (χ0v) is 13.8. The van der Waals surface area contributed by atoms with Gasteiger partial charge in [-0.2, -0.15) is 0 Å². The molecule has 2 aromatic heterocycles. The normalized spacial score (nSPS) is 10.2. The fourth-order valence-electron chi connectivity index (χ4n) is 1.85. The van der Waals surface area contributed by atoms with Gasteiger partial charge in [-0.05, 0) is 30.3 Å². The van der Waals surface area contributed by atoms with E-state index in [0.717, 1.165) is 10.2 Å². The standard InChI is InChI=1S/C15H11BrN6O2/c16-10-4-3-5-11(8-10)22-9-13(18-21-22)15(24)20-19-14(23)12-6-1-2-7-17-12/h1-9H,(H,19,23)(H,20,24). The van der Waals surface area contributed by atoms with Crippen LogP contribution in [0.4, 0.5) is 0 Å². The van der Waals surface area contributed by atoms with Crippen LogP contribution in [-0.4, -0.2) is 31.8 Å². The number of carbonyl (C=O) groups is 2. The second-order valence-corrected chi connectivity index (χ2v) is 5.57. The molecule has 120 valence electrons. The Morgan fingerprint density at radius 2 is 1.79 bits per heavy atom. The van der Waals surface area contributed by atoms with E-state index < -0.39 is 11.8 Å². The summed E-state index contributed by atoms with van der Waals surface area (Å²) < 4.78 is 2.34. The number of pyridine rings is 1. The van der Waals surface area contributed by atoms with Crippen molar-refractivity contribution < 1.29 is 9.59 Å². The van der Waals surface area contributed by atoms with Gasteiger partial charge in [0.2, 0.25) is 0 Å². The van der Waals surface area contributed by atoms with Gasteiger partial charge in [0.05, 0.1) is 11.9 Å². The van der Waals surface area contributed by atoms with Crippen LogP contribution in [0.2, 0.25) is 0 Å². The number of hydrogen-bond donors (Lipinski definition) is 2. The molecule has 1 aromatic carbocycles. The first-order chi connectivity index (χ1) is 11.6. The van der Waals surface area contributed by atoms with E-state index in [1.165, 1.54) is 23.1 Å². The van der Waals surface area contributed by atoms with Gasteiger partial charge in [-0.3, -0.25) is 25.4 Å². The molecule has 3 aromatic rings. The van der Waals surface area contributed by atoms with Crippen LogP contribution >= 0.6 is 15.9 Å². The van der Waals surface area contributed by atoms with Crippen molar-refractivity contribution >= 4 is 27.7 Å². The second kappa shape index (κ2) is 7.01. The number of halogens is 1. The number of hydrazine groups is 1. The molecule has 9 heteroatoms. The van der Waals surface area contributed by atoms with E-state index >= 15 is 0 Å². The van der Waals surface area contributed by atoms with Gasteiger partial charge in [0.15, 0.2) is 5.69 Å². The molecule has 2 N–H and O–H groups in total. The molecule has 0 fully saturated rings. The SMILES string of the molecule is O=C(NNC(=O)c1cn(-c2cccc(Br)c2)nn1)c1ccccn1. The van der Waals surface area contributed by atoms with Crippen LogP contribution in [0.25, 0.3) is 5.69 Å². The van der Waals surface area contributed by atoms with Crippen molar-refractivity contribution in [2.24, 2.45) is 0 Å². The minimum absolute atomic E-state index is 0.0660. The van der Waals surface area contributed by atoms with Gasteiger partial charge < -0.3 is 0 Å². The summed E-state index contributed by atoms with van der Waals surface area (Å²) in [4.78, 5) is 27.7. The molecule has 0 unspecified atom stereocenters. The second-order valence-electron chi connectivity index (χ2n) is 4.65. The third-order valence-corrected chi connectivity index (χ3v) is 3.48. The maximum Gasteiger partial charge on any atom is 0.291 e. The van der Waals surface area contributed by atoms with Crippen LogP contribution in [0, 0.1) is 0 Å². The molecule has 0 aliphatic carbocycles. The molecule has 0 radical (unpaired) electrons. The molecular formula is C15H11BrN6O2. The highest BCUT2D eigenvalue weighted by Gasteiger charge is 2.13. The highest BCUT2D eigenvalue weighted by atomic mass is 79.9. The molecule has 3 rings (SSSR count). The first kappa shape index (κ1) is 15.8. The van der Waals surface area contributed by atoms with Gasteiger partial charge >= 0.3 is 0 Å². The Hall–Kier alpha value is -3.07. The molecule has 8 nitrogen and oxygen atoms in total. The predicted molar refractivity (Wildman–Crippen MR) is 88.2 cm³/mol. The molecule has 2 amide bonds. The summed E-state index contributed by atoms with van der Waals surface area (Å²) in [5.41, 5.74) is 5.54. The molecule has 0 saturated heterocycles. The lowest BCUT2D eigenvalue weighted by Crippen LogP contribution is -2.42. The number of aromatic nitrogens is 4. The van der Waals surface area contributed by atoms with Crippen molar-refractivity contribution in [2.45, 2.75) is 0 Å². The van der Waals surface area contributed by atoms with Crippen LogP contribution < -0.4 is 10.9 Å². The maximum absolute atomic E-state index is 12.0. The third-order valence-electron chi connectivity index (χ3n) is 2.99. The molecule has 0 saturated carbocycles. The van der Waals surface area contributed by atoms with E-state index in [2.05, 4.69) is 42.1 Å². The summed E-state index contributed by atoms with van der Waals surface area (Å²) >= 11 is 3.36. The van der Waals surface area contributed by atoms with Crippen molar-refractivity contribution in [1.29, 1.82) is 0 Å². The van der Waals surface area contributed by atoms with Crippen molar-refractivity contribution in [3.8, 4) is 5.69 Å². The van der Waals surface area contributed by atoms with E-state index in [1.54, 1.807) is 12.1 Å². The molecule has 0 aliphatic rings. The third kappa shape index (κ3) is 3.63. The zero-order valence-electron chi connectivity index (χ0n) is 12.2. The summed E-state index contributed by atoms with van der Waals surface area (Å²) in [6.45, 7) is 0. The molecular weight excluding hydrogens is 376 g/mol. The van der Waals surface area contributed by atoms with Crippen LogP contribution in [-0.2, 0) is 0 Å². The fourth-order valence-corrected chi connectivity index (χ4v) is 2.24. The van der Waals surface area contributed by atoms with E-state index in [9.17, 15) is 9.59 Å². The van der Waals surface area contributed by atoms with Crippen LogP contribution in [0.3, 0.4) is 0 Å². The minimum atomic E-state index is -0.583. The highest BCUT2D eigenvalue weighted by Crippen LogP contribution is 2.14. The Morgan fingerprint density at radius 1 is 1.00 bits per heavy atom. The number of nitrogens with zero attached hydrogens (tertiary/aromatic N) is 4. The van der Waals surface area contributed by atoms with Gasteiger partial charge in [-0.15, -0.1) is 5.10 Å². The summed E-state index contributed by atoms with van der Waals surface area (Å²) in [7, 11) is 0. The van der Waals surface area contributed by atoms with Gasteiger partial charge in [0.25, 0.3) is 11.8 Å². The number of carbonyl (C=O) groups excluding carboxylic acids is 2. The van der Waals surface area contributed by atoms with Gasteiger partial charge in [0.1, 0.15) is 5.69 Å². The minimum Gasteiger partial charge on any atom is -0.266 e. The Balaban J connectivity index is 1.65. The van der Waals surface area contributed by atoms with Gasteiger partial charge in [0, 0.05) is 10.7 Å². The molecule has 0 atom stereocenters. The van der Waals surface area contributed by atoms with E-state index in [-0.39, 0.29) is 11.4 Å². The lowest BCUT2D eigenvalue weighted by Gasteiger charge is -2.04. The number of amides is 2. The van der Waals surface area contributed by atoms with Gasteiger partial charge in [-0.25, -0.2) is 4.68 Å². The molecule has 0 bridgehead atoms. The average Bonchev–Trinajstić information content (AvgIpc) is 3.10. The van der Waals surface area contributed by atoms with Crippen LogP contribution in [0.1, 0.15) is 21.0 Å². The Bertz CT molecular complexity index is 880. The lowest BCUT2D eigenvalue weighted by atomic mass is 10.3. The largest absolute Gasteiger partial charge is 0.291 e. The summed E-state index contributed by atoms with van der Waals surface area (Å²) in [6.07, 6.45) is 2.95. The summed E-state index contributed by atoms with van der Waals surface area (Å²) in [6, 6.07) is 12.3. The summed E-state index contributed by atoms with van der Waals surface area (Å²) in [5.74, 6) is -1.11. The molecule has 0 aliphatic heterocycles. The Morgan fingerprint density at radius 3 is 2.50 bits per heavy atom. The average molecular weight is 387 g/mol. The zero-order chi connectivity index (χ0) is 16.9. The monoisotopic (exact) mass is 386 g/mol. The van der Waals surface area contributed by atoms with Crippen molar-refractivity contribution in [2.75, 3.05) is 0 Å². The number of nitrogens with one attached hydrogen (secondary N) is 2. The van der Waals surface area contributed by atoms with Crippen molar-refractivity contribution in [1.82, 2.24) is 30.8 Å². The fraction of sp³-hybridized carbons (Fsp3) is 0.